The monoisotopic (exact) mass is 334 g/mol. The number of carbonyl (C=O) groups is 1. The SMILES string of the molecule is C=N.Cc1ccc(CNC(=O)n2nnc3cc(C#N)ccc32)cc1C. The van der Waals surface area contributed by atoms with Crippen LogP contribution in [0.3, 0.4) is 0 Å². The third-order valence-corrected chi connectivity index (χ3v) is 3.78. The second-order valence-electron chi connectivity index (χ2n) is 5.39. The molecule has 0 aliphatic carbocycles. The summed E-state index contributed by atoms with van der Waals surface area (Å²) in [5.74, 6) is 0. The number of fused-ring (bicyclic) bond motifs is 1. The number of nitrogens with one attached hydrogen (secondary N) is 2. The third-order valence-electron chi connectivity index (χ3n) is 3.78. The minimum absolute atomic E-state index is 0.351. The summed E-state index contributed by atoms with van der Waals surface area (Å²) in [6.07, 6.45) is 0. The van der Waals surface area contributed by atoms with E-state index in [9.17, 15) is 4.79 Å². The van der Waals surface area contributed by atoms with Gasteiger partial charge >= 0.3 is 6.03 Å². The summed E-state index contributed by atoms with van der Waals surface area (Å²) in [5.41, 5.74) is 5.01. The number of aryl methyl sites for hydroxylation is 2. The molecule has 3 rings (SSSR count). The van der Waals surface area contributed by atoms with Crippen molar-refractivity contribution in [2.24, 2.45) is 0 Å². The molecule has 0 spiro atoms. The van der Waals surface area contributed by atoms with Crippen molar-refractivity contribution in [3.63, 3.8) is 0 Å². The van der Waals surface area contributed by atoms with E-state index in [1.807, 2.05) is 31.2 Å². The zero-order valence-electron chi connectivity index (χ0n) is 14.1. The summed E-state index contributed by atoms with van der Waals surface area (Å²) in [6, 6.07) is 12.7. The van der Waals surface area contributed by atoms with E-state index in [1.165, 1.54) is 15.8 Å². The second-order valence-corrected chi connectivity index (χ2v) is 5.39. The molecule has 0 unspecified atom stereocenters. The van der Waals surface area contributed by atoms with Crippen molar-refractivity contribution in [2.45, 2.75) is 20.4 Å². The van der Waals surface area contributed by atoms with Crippen molar-refractivity contribution in [2.75, 3.05) is 0 Å². The van der Waals surface area contributed by atoms with Gasteiger partial charge in [-0.25, -0.2) is 4.79 Å². The van der Waals surface area contributed by atoms with Crippen LogP contribution in [0.2, 0.25) is 0 Å². The van der Waals surface area contributed by atoms with Crippen molar-refractivity contribution in [3.8, 4) is 6.07 Å². The third kappa shape index (κ3) is 3.87. The van der Waals surface area contributed by atoms with Crippen LogP contribution in [0.25, 0.3) is 11.0 Å². The van der Waals surface area contributed by atoms with Crippen LogP contribution in [0.5, 0.6) is 0 Å². The summed E-state index contributed by atoms with van der Waals surface area (Å²) in [4.78, 5) is 12.3. The highest BCUT2D eigenvalue weighted by Crippen LogP contribution is 2.13. The minimum Gasteiger partial charge on any atom is -0.332 e. The summed E-state index contributed by atoms with van der Waals surface area (Å²) in [6.45, 7) is 7.00. The number of nitriles is 1. The fraction of sp³-hybridized carbons (Fsp3) is 0.167. The van der Waals surface area contributed by atoms with Crippen molar-refractivity contribution >= 4 is 23.8 Å². The smallest absolute Gasteiger partial charge is 0.332 e. The lowest BCUT2D eigenvalue weighted by atomic mass is 10.1. The van der Waals surface area contributed by atoms with Gasteiger partial charge in [-0.05, 0) is 55.5 Å². The second kappa shape index (κ2) is 7.84. The van der Waals surface area contributed by atoms with Gasteiger partial charge in [0.1, 0.15) is 5.52 Å². The highest BCUT2D eigenvalue weighted by Gasteiger charge is 2.12. The van der Waals surface area contributed by atoms with Crippen LogP contribution in [-0.2, 0) is 6.54 Å². The van der Waals surface area contributed by atoms with Crippen molar-refractivity contribution in [1.82, 2.24) is 20.3 Å². The van der Waals surface area contributed by atoms with Gasteiger partial charge in [0.05, 0.1) is 17.1 Å². The van der Waals surface area contributed by atoms with Gasteiger partial charge in [0, 0.05) is 6.54 Å². The van der Waals surface area contributed by atoms with E-state index in [0.29, 0.717) is 23.1 Å². The van der Waals surface area contributed by atoms with Gasteiger partial charge < -0.3 is 10.7 Å². The van der Waals surface area contributed by atoms with E-state index in [0.717, 1.165) is 5.56 Å². The topological polar surface area (TPSA) is 107 Å². The summed E-state index contributed by atoms with van der Waals surface area (Å²) in [5, 5.41) is 25.0. The number of carbonyl (C=O) groups excluding carboxylic acids is 1. The molecule has 0 aliphatic rings. The largest absolute Gasteiger partial charge is 0.344 e. The maximum absolute atomic E-state index is 12.3. The fourth-order valence-electron chi connectivity index (χ4n) is 2.31. The molecule has 2 aromatic carbocycles. The molecule has 0 aliphatic heterocycles. The van der Waals surface area contributed by atoms with E-state index < -0.39 is 0 Å². The molecule has 25 heavy (non-hydrogen) atoms. The zero-order chi connectivity index (χ0) is 18.4. The molecule has 0 radical (unpaired) electrons. The Morgan fingerprint density at radius 2 is 2.00 bits per heavy atom. The lowest BCUT2D eigenvalue weighted by molar-refractivity contribution is 0.239. The van der Waals surface area contributed by atoms with Crippen LogP contribution in [-0.4, -0.2) is 27.7 Å². The molecule has 1 heterocycles. The van der Waals surface area contributed by atoms with Crippen LogP contribution in [0, 0.1) is 30.6 Å². The molecule has 126 valence electrons. The van der Waals surface area contributed by atoms with Gasteiger partial charge in [-0.2, -0.15) is 9.94 Å². The van der Waals surface area contributed by atoms with Crippen LogP contribution in [0.4, 0.5) is 4.79 Å². The number of benzene rings is 2. The van der Waals surface area contributed by atoms with Gasteiger partial charge in [0.25, 0.3) is 0 Å². The maximum Gasteiger partial charge on any atom is 0.344 e. The van der Waals surface area contributed by atoms with Crippen LogP contribution < -0.4 is 5.32 Å². The van der Waals surface area contributed by atoms with Crippen LogP contribution >= 0.6 is 0 Å². The normalized spacial score (nSPS) is 9.80. The molecule has 0 saturated carbocycles. The minimum atomic E-state index is -0.351. The first-order chi connectivity index (χ1) is 12.1. The Bertz CT molecular complexity index is 954. The number of hydrogen-bond acceptors (Lipinski definition) is 5. The number of hydrogen-bond donors (Lipinski definition) is 2. The van der Waals surface area contributed by atoms with Gasteiger partial charge in [0.2, 0.25) is 0 Å². The molecule has 0 fully saturated rings. The number of aromatic nitrogens is 3. The average molecular weight is 334 g/mol. The predicted octanol–water partition coefficient (Wildman–Crippen LogP) is 2.94. The van der Waals surface area contributed by atoms with E-state index >= 15 is 0 Å². The highest BCUT2D eigenvalue weighted by molar-refractivity contribution is 5.88. The van der Waals surface area contributed by atoms with Crippen LogP contribution in [0.15, 0.2) is 36.4 Å². The lowest BCUT2D eigenvalue weighted by Crippen LogP contribution is -2.28. The predicted molar refractivity (Wildman–Crippen MR) is 95.6 cm³/mol. The number of amides is 1. The first kappa shape index (κ1) is 17.8. The Morgan fingerprint density at radius 1 is 1.24 bits per heavy atom. The van der Waals surface area contributed by atoms with Gasteiger partial charge in [-0.15, -0.1) is 5.10 Å². The summed E-state index contributed by atoms with van der Waals surface area (Å²) < 4.78 is 1.21. The lowest BCUT2D eigenvalue weighted by Gasteiger charge is -2.07. The molecule has 1 aromatic heterocycles. The quantitative estimate of drug-likeness (QED) is 0.702. The Kier molecular flexibility index (Phi) is 5.58. The summed E-state index contributed by atoms with van der Waals surface area (Å²) in [7, 11) is 0. The Balaban J connectivity index is 0.00000109. The van der Waals surface area contributed by atoms with Crippen LogP contribution in [0.1, 0.15) is 22.3 Å². The molecule has 0 atom stereocenters. The van der Waals surface area contributed by atoms with E-state index in [-0.39, 0.29) is 6.03 Å². The highest BCUT2D eigenvalue weighted by atomic mass is 16.2. The molecule has 0 saturated heterocycles. The first-order valence-corrected chi connectivity index (χ1v) is 7.54. The molecular weight excluding hydrogens is 316 g/mol. The molecular formula is C18H18N6O. The first-order valence-electron chi connectivity index (χ1n) is 7.54. The molecule has 1 amide bonds. The van der Waals surface area contributed by atoms with Crippen molar-refractivity contribution in [1.29, 1.82) is 10.7 Å². The molecule has 7 nitrogen and oxygen atoms in total. The van der Waals surface area contributed by atoms with Crippen molar-refractivity contribution in [3.05, 3.63) is 58.7 Å². The van der Waals surface area contributed by atoms with Crippen molar-refractivity contribution < 1.29 is 4.79 Å². The van der Waals surface area contributed by atoms with Gasteiger partial charge in [0.15, 0.2) is 0 Å². The van der Waals surface area contributed by atoms with Gasteiger partial charge in [-0.3, -0.25) is 0 Å². The molecule has 2 N–H and O–H groups in total. The number of rotatable bonds is 2. The zero-order valence-corrected chi connectivity index (χ0v) is 14.1. The van der Waals surface area contributed by atoms with E-state index in [4.69, 9.17) is 10.7 Å². The van der Waals surface area contributed by atoms with E-state index in [1.54, 1.807) is 18.2 Å². The summed E-state index contributed by atoms with van der Waals surface area (Å²) >= 11 is 0. The average Bonchev–Trinajstić information content (AvgIpc) is 3.07. The molecule has 3 aromatic rings. The van der Waals surface area contributed by atoms with Gasteiger partial charge in [-0.1, -0.05) is 23.4 Å². The Hall–Kier alpha value is -3.53. The fourth-order valence-corrected chi connectivity index (χ4v) is 2.31. The van der Waals surface area contributed by atoms with E-state index in [2.05, 4.69) is 29.3 Å². The maximum atomic E-state index is 12.3. The Morgan fingerprint density at radius 3 is 2.68 bits per heavy atom. The number of nitrogens with zero attached hydrogens (tertiary/aromatic N) is 4. The Labute approximate surface area is 145 Å². The standard InChI is InChI=1S/C17H15N5O.CH3N/c1-11-3-4-14(7-12(11)2)10-19-17(23)22-16-6-5-13(9-18)8-15(16)20-21-22;1-2/h3-8H,10H2,1-2H3,(H,19,23);2H,1H2. The molecule has 7 heteroatoms. The molecule has 0 bridgehead atoms.